The van der Waals surface area contributed by atoms with E-state index in [1.165, 1.54) is 0 Å². The van der Waals surface area contributed by atoms with E-state index < -0.39 is 0 Å². The van der Waals surface area contributed by atoms with Crippen LogP contribution in [0.5, 0.6) is 0 Å². The molecule has 0 saturated heterocycles. The number of nitrogens with zero attached hydrogens (tertiary/aromatic N) is 2. The highest BCUT2D eigenvalue weighted by atomic mass is 127. The Hall–Kier alpha value is -1.34. The molecule has 0 amide bonds. The molecule has 24 heavy (non-hydrogen) atoms. The maximum atomic E-state index is 6.18. The summed E-state index contributed by atoms with van der Waals surface area (Å²) in [5, 5.41) is 7.40. The highest BCUT2D eigenvalue weighted by molar-refractivity contribution is 14.0. The van der Waals surface area contributed by atoms with Gasteiger partial charge in [0.05, 0.1) is 12.2 Å². The van der Waals surface area contributed by atoms with Gasteiger partial charge in [0, 0.05) is 24.3 Å². The second kappa shape index (κ2) is 11.3. The van der Waals surface area contributed by atoms with Crippen LogP contribution in [0.25, 0.3) is 0 Å². The zero-order chi connectivity index (χ0) is 16.5. The third-order valence-electron chi connectivity index (χ3n) is 3.49. The van der Waals surface area contributed by atoms with Crippen molar-refractivity contribution in [3.05, 3.63) is 64.4 Å². The highest BCUT2D eigenvalue weighted by Gasteiger charge is 2.02. The van der Waals surface area contributed by atoms with Crippen LogP contribution in [0.3, 0.4) is 0 Å². The van der Waals surface area contributed by atoms with Crippen LogP contribution in [-0.4, -0.2) is 24.0 Å². The second-order valence-electron chi connectivity index (χ2n) is 5.23. The van der Waals surface area contributed by atoms with E-state index in [1.54, 1.807) is 6.20 Å². The van der Waals surface area contributed by atoms with Crippen LogP contribution in [0.1, 0.15) is 23.7 Å². The fourth-order valence-electron chi connectivity index (χ4n) is 2.20. The minimum Gasteiger partial charge on any atom is -0.357 e. The number of nitrogens with one attached hydrogen (secondary N) is 2. The Balaban J connectivity index is 0.00000288. The van der Waals surface area contributed by atoms with Gasteiger partial charge >= 0.3 is 0 Å². The molecule has 0 atom stereocenters. The van der Waals surface area contributed by atoms with Gasteiger partial charge in [-0.3, -0.25) is 4.98 Å². The van der Waals surface area contributed by atoms with Gasteiger partial charge in [-0.15, -0.1) is 24.0 Å². The number of hydrogen-bond donors (Lipinski definition) is 2. The Morgan fingerprint density at radius 3 is 2.67 bits per heavy atom. The smallest absolute Gasteiger partial charge is 0.191 e. The summed E-state index contributed by atoms with van der Waals surface area (Å²) >= 11 is 6.18. The number of rotatable bonds is 6. The molecule has 1 aromatic carbocycles. The van der Waals surface area contributed by atoms with E-state index in [4.69, 9.17) is 11.6 Å². The molecule has 0 spiro atoms. The molecule has 0 radical (unpaired) electrons. The Labute approximate surface area is 166 Å². The van der Waals surface area contributed by atoms with E-state index in [9.17, 15) is 0 Å². The molecule has 0 fully saturated rings. The quantitative estimate of drug-likeness (QED) is 0.391. The Bertz CT molecular complexity index is 661. The SMILES string of the molecule is CCNC(=NCc1ncccc1C)NCCc1ccccc1Cl.I. The summed E-state index contributed by atoms with van der Waals surface area (Å²) < 4.78 is 0. The number of halogens is 2. The Morgan fingerprint density at radius 2 is 1.96 bits per heavy atom. The van der Waals surface area contributed by atoms with E-state index in [-0.39, 0.29) is 24.0 Å². The van der Waals surface area contributed by atoms with Crippen LogP contribution in [0.2, 0.25) is 5.02 Å². The topological polar surface area (TPSA) is 49.3 Å². The molecule has 0 saturated carbocycles. The molecular weight excluding hydrogens is 435 g/mol. The van der Waals surface area contributed by atoms with Gasteiger partial charge in [-0.2, -0.15) is 0 Å². The molecular formula is C18H24ClIN4. The van der Waals surface area contributed by atoms with Crippen molar-refractivity contribution in [1.29, 1.82) is 0 Å². The van der Waals surface area contributed by atoms with E-state index >= 15 is 0 Å². The minimum absolute atomic E-state index is 0. The summed E-state index contributed by atoms with van der Waals surface area (Å²) in [5.74, 6) is 0.796. The van der Waals surface area contributed by atoms with Gasteiger partial charge in [-0.1, -0.05) is 35.9 Å². The van der Waals surface area contributed by atoms with Gasteiger partial charge in [0.25, 0.3) is 0 Å². The van der Waals surface area contributed by atoms with Crippen molar-refractivity contribution in [3.63, 3.8) is 0 Å². The standard InChI is InChI=1S/C18H23ClN4.HI/c1-3-20-18(23-13-17-14(2)7-6-11-21-17)22-12-10-15-8-4-5-9-16(15)19;/h4-9,11H,3,10,12-13H2,1-2H3,(H2,20,22,23);1H. The summed E-state index contributed by atoms with van der Waals surface area (Å²) in [7, 11) is 0. The lowest BCUT2D eigenvalue weighted by molar-refractivity contribution is 0.796. The molecule has 0 aliphatic carbocycles. The molecule has 2 rings (SSSR count). The second-order valence-corrected chi connectivity index (χ2v) is 5.64. The third kappa shape index (κ3) is 6.65. The summed E-state index contributed by atoms with van der Waals surface area (Å²) in [4.78, 5) is 8.97. The number of aliphatic imine (C=N–C) groups is 1. The molecule has 6 heteroatoms. The lowest BCUT2D eigenvalue weighted by atomic mass is 10.1. The van der Waals surface area contributed by atoms with Crippen molar-refractivity contribution in [1.82, 2.24) is 15.6 Å². The molecule has 4 nitrogen and oxygen atoms in total. The van der Waals surface area contributed by atoms with Crippen molar-refractivity contribution >= 4 is 41.5 Å². The van der Waals surface area contributed by atoms with E-state index in [0.29, 0.717) is 6.54 Å². The number of aromatic nitrogens is 1. The first-order valence-corrected chi connectivity index (χ1v) is 8.24. The summed E-state index contributed by atoms with van der Waals surface area (Å²) in [6.45, 7) is 6.26. The summed E-state index contributed by atoms with van der Waals surface area (Å²) in [6, 6.07) is 11.9. The molecule has 1 heterocycles. The van der Waals surface area contributed by atoms with Gasteiger partial charge in [-0.25, -0.2) is 4.99 Å². The summed E-state index contributed by atoms with van der Waals surface area (Å²) in [5.41, 5.74) is 3.29. The lowest BCUT2D eigenvalue weighted by Crippen LogP contribution is -2.38. The zero-order valence-electron chi connectivity index (χ0n) is 14.1. The van der Waals surface area contributed by atoms with Crippen LogP contribution >= 0.6 is 35.6 Å². The third-order valence-corrected chi connectivity index (χ3v) is 3.86. The van der Waals surface area contributed by atoms with Crippen LogP contribution in [0.15, 0.2) is 47.6 Å². The number of benzene rings is 1. The van der Waals surface area contributed by atoms with Gasteiger partial charge in [0.2, 0.25) is 0 Å². The van der Waals surface area contributed by atoms with E-state index in [2.05, 4.69) is 40.5 Å². The number of pyridine rings is 1. The lowest BCUT2D eigenvalue weighted by Gasteiger charge is -2.12. The molecule has 2 N–H and O–H groups in total. The van der Waals surface area contributed by atoms with Crippen molar-refractivity contribution in [2.45, 2.75) is 26.8 Å². The monoisotopic (exact) mass is 458 g/mol. The predicted octanol–water partition coefficient (Wildman–Crippen LogP) is 3.96. The molecule has 1 aromatic heterocycles. The first kappa shape index (κ1) is 20.7. The largest absolute Gasteiger partial charge is 0.357 e. The maximum absolute atomic E-state index is 6.18. The van der Waals surface area contributed by atoms with Crippen LogP contribution in [0, 0.1) is 6.92 Å². The molecule has 0 bridgehead atoms. The molecule has 0 aliphatic rings. The van der Waals surface area contributed by atoms with Gasteiger partial charge in [0.1, 0.15) is 0 Å². The first-order valence-electron chi connectivity index (χ1n) is 7.86. The fraction of sp³-hybridized carbons (Fsp3) is 0.333. The molecule has 0 unspecified atom stereocenters. The maximum Gasteiger partial charge on any atom is 0.191 e. The predicted molar refractivity (Wildman–Crippen MR) is 112 cm³/mol. The van der Waals surface area contributed by atoms with Gasteiger partial charge < -0.3 is 10.6 Å². The highest BCUT2D eigenvalue weighted by Crippen LogP contribution is 2.14. The van der Waals surface area contributed by atoms with Crippen LogP contribution in [0.4, 0.5) is 0 Å². The zero-order valence-corrected chi connectivity index (χ0v) is 17.1. The molecule has 2 aromatic rings. The number of hydrogen-bond acceptors (Lipinski definition) is 2. The fourth-order valence-corrected chi connectivity index (χ4v) is 2.43. The Kier molecular flexibility index (Phi) is 9.71. The van der Waals surface area contributed by atoms with Gasteiger partial charge in [0.15, 0.2) is 5.96 Å². The normalized spacial score (nSPS) is 10.9. The minimum atomic E-state index is 0. The van der Waals surface area contributed by atoms with Crippen LogP contribution in [-0.2, 0) is 13.0 Å². The average Bonchev–Trinajstić information content (AvgIpc) is 2.55. The molecule has 130 valence electrons. The first-order chi connectivity index (χ1) is 11.2. The van der Waals surface area contributed by atoms with Crippen molar-refractivity contribution in [2.75, 3.05) is 13.1 Å². The molecule has 0 aliphatic heterocycles. The Morgan fingerprint density at radius 1 is 1.17 bits per heavy atom. The van der Waals surface area contributed by atoms with Crippen molar-refractivity contribution in [2.24, 2.45) is 4.99 Å². The average molecular weight is 459 g/mol. The van der Waals surface area contributed by atoms with Crippen molar-refractivity contribution < 1.29 is 0 Å². The van der Waals surface area contributed by atoms with Gasteiger partial charge in [-0.05, 0) is 43.5 Å². The van der Waals surface area contributed by atoms with E-state index in [0.717, 1.165) is 47.3 Å². The number of guanidine groups is 1. The van der Waals surface area contributed by atoms with E-state index in [1.807, 2.05) is 30.3 Å². The van der Waals surface area contributed by atoms with Crippen LogP contribution < -0.4 is 10.6 Å². The van der Waals surface area contributed by atoms with Crippen molar-refractivity contribution in [3.8, 4) is 0 Å². The number of aryl methyl sites for hydroxylation is 1. The summed E-state index contributed by atoms with van der Waals surface area (Å²) in [6.07, 6.45) is 2.66.